The zero-order valence-corrected chi connectivity index (χ0v) is 17.9. The van der Waals surface area contributed by atoms with Crippen molar-refractivity contribution in [2.24, 2.45) is 5.73 Å². The van der Waals surface area contributed by atoms with Crippen molar-refractivity contribution in [3.8, 4) is 0 Å². The Bertz CT molecular complexity index is 1380. The number of carbonyl (C=O) groups is 3. The minimum Gasteiger partial charge on any atom is -0.479 e. The van der Waals surface area contributed by atoms with Crippen LogP contribution in [0.25, 0.3) is 21.8 Å². The van der Waals surface area contributed by atoms with Gasteiger partial charge >= 0.3 is 5.97 Å². The molecule has 4 rings (SSSR count). The first-order valence-corrected chi connectivity index (χ1v) is 10.4. The van der Waals surface area contributed by atoms with Crippen molar-refractivity contribution in [1.82, 2.24) is 9.97 Å². The van der Waals surface area contributed by atoms with E-state index in [9.17, 15) is 19.5 Å². The summed E-state index contributed by atoms with van der Waals surface area (Å²) >= 11 is 0. The predicted octanol–water partition coefficient (Wildman–Crippen LogP) is 3.38. The number of amides is 2. The van der Waals surface area contributed by atoms with Gasteiger partial charge in [-0.2, -0.15) is 0 Å². The highest BCUT2D eigenvalue weighted by Gasteiger charge is 2.50. The Hall–Kier alpha value is -4.33. The maximum Gasteiger partial charge on any atom is 0.334 e. The highest BCUT2D eigenvalue weighted by atomic mass is 16.4. The maximum absolute atomic E-state index is 13.2. The fourth-order valence-corrected chi connectivity index (χ4v) is 4.34. The summed E-state index contributed by atoms with van der Waals surface area (Å²) in [6.45, 7) is 1.29. The van der Waals surface area contributed by atoms with Gasteiger partial charge in [0.2, 0.25) is 11.8 Å². The lowest BCUT2D eigenvalue weighted by atomic mass is 9.81. The molecule has 0 spiro atoms. The molecule has 1 unspecified atom stereocenters. The standard InChI is InChI=1S/C25H22N4O4/c1-16(30)29(20-11-3-7-18-9-5-15-28-23(18)20)25(24(32)33,13-12-21(26)31)19-10-2-6-17-8-4-14-27-22(17)19/h2-11,14-15H,12-13H2,1H3,(H2,26,31)(H,32,33). The number of carbonyl (C=O) groups excluding carboxylic acids is 2. The molecular weight excluding hydrogens is 420 g/mol. The van der Waals surface area contributed by atoms with Crippen LogP contribution in [0.2, 0.25) is 0 Å². The maximum atomic E-state index is 13.2. The highest BCUT2D eigenvalue weighted by molar-refractivity contribution is 6.08. The molecule has 2 aromatic heterocycles. The van der Waals surface area contributed by atoms with Gasteiger partial charge in [0.05, 0.1) is 16.7 Å². The third-order valence-electron chi connectivity index (χ3n) is 5.71. The van der Waals surface area contributed by atoms with Crippen molar-refractivity contribution in [3.63, 3.8) is 0 Å². The van der Waals surface area contributed by atoms with Crippen molar-refractivity contribution < 1.29 is 19.5 Å². The molecule has 2 aromatic carbocycles. The number of nitrogens with two attached hydrogens (primary N) is 1. The van der Waals surface area contributed by atoms with E-state index in [0.29, 0.717) is 22.1 Å². The third-order valence-corrected chi connectivity index (χ3v) is 5.71. The normalized spacial score (nSPS) is 12.9. The number of fused-ring (bicyclic) bond motifs is 2. The van der Waals surface area contributed by atoms with E-state index in [1.807, 2.05) is 24.3 Å². The van der Waals surface area contributed by atoms with Crippen LogP contribution >= 0.6 is 0 Å². The highest BCUT2D eigenvalue weighted by Crippen LogP contribution is 2.42. The molecule has 2 heterocycles. The fourth-order valence-electron chi connectivity index (χ4n) is 4.34. The number of nitrogens with zero attached hydrogens (tertiary/aromatic N) is 3. The lowest BCUT2D eigenvalue weighted by molar-refractivity contribution is -0.146. The zero-order chi connectivity index (χ0) is 23.6. The molecule has 0 aliphatic rings. The van der Waals surface area contributed by atoms with Crippen LogP contribution in [0.4, 0.5) is 5.69 Å². The van der Waals surface area contributed by atoms with Crippen molar-refractivity contribution >= 4 is 45.3 Å². The van der Waals surface area contributed by atoms with Crippen LogP contribution in [0.1, 0.15) is 25.3 Å². The van der Waals surface area contributed by atoms with Crippen LogP contribution in [-0.2, 0) is 19.9 Å². The Balaban J connectivity index is 2.11. The number of aliphatic carboxylic acids is 1. The van der Waals surface area contributed by atoms with Gasteiger partial charge in [-0.3, -0.25) is 24.5 Å². The number of hydrogen-bond acceptors (Lipinski definition) is 5. The van der Waals surface area contributed by atoms with Gasteiger partial charge in [-0.05, 0) is 24.6 Å². The molecule has 0 saturated carbocycles. The summed E-state index contributed by atoms with van der Waals surface area (Å²) < 4.78 is 0. The lowest BCUT2D eigenvalue weighted by Gasteiger charge is -2.41. The second-order valence-electron chi connectivity index (χ2n) is 7.72. The molecule has 8 nitrogen and oxygen atoms in total. The molecule has 2 amide bonds. The minimum absolute atomic E-state index is 0.240. The van der Waals surface area contributed by atoms with Gasteiger partial charge in [0, 0.05) is 42.1 Å². The molecule has 166 valence electrons. The first-order chi connectivity index (χ1) is 15.9. The van der Waals surface area contributed by atoms with Crippen molar-refractivity contribution in [1.29, 1.82) is 0 Å². The Morgan fingerprint density at radius 2 is 1.48 bits per heavy atom. The largest absolute Gasteiger partial charge is 0.479 e. The molecule has 33 heavy (non-hydrogen) atoms. The summed E-state index contributed by atoms with van der Waals surface area (Å²) in [6.07, 6.45) is 2.65. The van der Waals surface area contributed by atoms with Gasteiger partial charge < -0.3 is 10.8 Å². The number of carboxylic acid groups (broad SMARTS) is 1. The number of para-hydroxylation sites is 2. The van der Waals surface area contributed by atoms with Crippen molar-refractivity contribution in [3.05, 3.63) is 78.6 Å². The van der Waals surface area contributed by atoms with Crippen LogP contribution in [0.5, 0.6) is 0 Å². The number of hydrogen-bond donors (Lipinski definition) is 2. The Morgan fingerprint density at radius 1 is 0.909 bits per heavy atom. The Kier molecular flexibility index (Phi) is 5.74. The van der Waals surface area contributed by atoms with Crippen LogP contribution in [-0.4, -0.2) is 32.9 Å². The van der Waals surface area contributed by atoms with E-state index in [4.69, 9.17) is 5.73 Å². The molecular formula is C25H22N4O4. The van der Waals surface area contributed by atoms with Gasteiger partial charge in [0.25, 0.3) is 0 Å². The molecule has 0 bridgehead atoms. The number of rotatable bonds is 7. The quantitative estimate of drug-likeness (QED) is 0.452. The molecule has 0 radical (unpaired) electrons. The third kappa shape index (κ3) is 3.76. The minimum atomic E-state index is -1.96. The predicted molar refractivity (Wildman–Crippen MR) is 124 cm³/mol. The van der Waals surface area contributed by atoms with Crippen molar-refractivity contribution in [2.45, 2.75) is 25.3 Å². The van der Waals surface area contributed by atoms with Gasteiger partial charge in [0.1, 0.15) is 0 Å². The Morgan fingerprint density at radius 3 is 2.09 bits per heavy atom. The SMILES string of the molecule is CC(=O)N(c1cccc2cccnc12)C(CCC(N)=O)(C(=O)O)c1cccc2cccnc12. The summed E-state index contributed by atoms with van der Waals surface area (Å²) in [4.78, 5) is 48.2. The van der Waals surface area contributed by atoms with Gasteiger partial charge in [-0.25, -0.2) is 4.79 Å². The molecule has 0 fully saturated rings. The smallest absolute Gasteiger partial charge is 0.334 e. The molecule has 0 aliphatic heterocycles. The molecule has 0 aliphatic carbocycles. The van der Waals surface area contributed by atoms with Crippen LogP contribution in [0.15, 0.2) is 73.1 Å². The van der Waals surface area contributed by atoms with Gasteiger partial charge in [-0.1, -0.05) is 42.5 Å². The van der Waals surface area contributed by atoms with E-state index in [-0.39, 0.29) is 18.4 Å². The fraction of sp³-hybridized carbons (Fsp3) is 0.160. The second kappa shape index (κ2) is 8.66. The average molecular weight is 442 g/mol. The first-order valence-electron chi connectivity index (χ1n) is 10.4. The summed E-state index contributed by atoms with van der Waals surface area (Å²) in [5.74, 6) is -2.49. The van der Waals surface area contributed by atoms with E-state index < -0.39 is 23.3 Å². The Labute approximate surface area is 189 Å². The molecule has 8 heteroatoms. The van der Waals surface area contributed by atoms with E-state index >= 15 is 0 Å². The first kappa shape index (κ1) is 21.9. The monoisotopic (exact) mass is 442 g/mol. The van der Waals surface area contributed by atoms with Crippen LogP contribution in [0.3, 0.4) is 0 Å². The number of aromatic nitrogens is 2. The van der Waals surface area contributed by atoms with Gasteiger partial charge in [0.15, 0.2) is 5.54 Å². The summed E-state index contributed by atoms with van der Waals surface area (Å²) in [6, 6.07) is 17.5. The van der Waals surface area contributed by atoms with Crippen molar-refractivity contribution in [2.75, 3.05) is 4.90 Å². The summed E-state index contributed by atoms with van der Waals surface area (Å²) in [5.41, 5.74) is 4.97. The molecule has 1 atom stereocenters. The second-order valence-corrected chi connectivity index (χ2v) is 7.72. The number of carboxylic acids is 1. The van der Waals surface area contributed by atoms with E-state index in [1.54, 1.807) is 48.8 Å². The number of anilines is 1. The van der Waals surface area contributed by atoms with E-state index in [0.717, 1.165) is 5.39 Å². The molecule has 3 N–H and O–H groups in total. The molecule has 0 saturated heterocycles. The van der Waals surface area contributed by atoms with Crippen LogP contribution < -0.4 is 10.6 Å². The topological polar surface area (TPSA) is 126 Å². The van der Waals surface area contributed by atoms with Crippen LogP contribution in [0, 0.1) is 0 Å². The number of benzene rings is 2. The molecule has 4 aromatic rings. The summed E-state index contributed by atoms with van der Waals surface area (Å²) in [7, 11) is 0. The zero-order valence-electron chi connectivity index (χ0n) is 17.9. The van der Waals surface area contributed by atoms with E-state index in [2.05, 4.69) is 9.97 Å². The lowest BCUT2D eigenvalue weighted by Crippen LogP contribution is -2.55. The van der Waals surface area contributed by atoms with E-state index in [1.165, 1.54) is 11.8 Å². The summed E-state index contributed by atoms with van der Waals surface area (Å²) in [5, 5.41) is 12.2. The number of primary amides is 1. The average Bonchev–Trinajstić information content (AvgIpc) is 2.81. The van der Waals surface area contributed by atoms with Gasteiger partial charge in [-0.15, -0.1) is 0 Å². The number of pyridine rings is 2.